The molecule has 1 N–H and O–H groups in total. The lowest BCUT2D eigenvalue weighted by Gasteiger charge is -2.40. The molecule has 1 saturated heterocycles. The number of aromatic nitrogens is 2. The molecule has 1 aliphatic heterocycles. The number of methoxy groups -OCH3 is 1. The van der Waals surface area contributed by atoms with Gasteiger partial charge in [-0.3, -0.25) is 9.59 Å². The number of rotatable bonds is 6. The minimum atomic E-state index is -0.515. The van der Waals surface area contributed by atoms with Crippen LogP contribution in [0.3, 0.4) is 0 Å². The van der Waals surface area contributed by atoms with Crippen LogP contribution in [0.25, 0.3) is 5.69 Å². The monoisotopic (exact) mass is 398 g/mol. The molecule has 1 aromatic carbocycles. The number of anilines is 1. The molecule has 2 aromatic rings. The number of benzene rings is 1. The first-order chi connectivity index (χ1) is 13.9. The maximum atomic E-state index is 13.2. The Morgan fingerprint density at radius 3 is 2.34 bits per heavy atom. The van der Waals surface area contributed by atoms with Crippen LogP contribution in [0.1, 0.15) is 37.6 Å². The Labute approximate surface area is 172 Å². The number of carbonyl (C=O) groups is 2. The summed E-state index contributed by atoms with van der Waals surface area (Å²) in [6.07, 6.45) is 3.74. The predicted molar refractivity (Wildman–Crippen MR) is 112 cm³/mol. The van der Waals surface area contributed by atoms with Crippen molar-refractivity contribution in [3.05, 3.63) is 42.0 Å². The number of likely N-dealkylation sites (tertiary alicyclic amines) is 1. The number of amides is 2. The van der Waals surface area contributed by atoms with Crippen molar-refractivity contribution in [3.8, 4) is 5.69 Å². The van der Waals surface area contributed by atoms with Crippen molar-refractivity contribution in [2.24, 2.45) is 5.41 Å². The van der Waals surface area contributed by atoms with E-state index in [0.29, 0.717) is 39.0 Å². The van der Waals surface area contributed by atoms with Crippen LogP contribution in [-0.4, -0.2) is 53.1 Å². The number of hydrogen-bond acceptors (Lipinski definition) is 4. The van der Waals surface area contributed by atoms with Crippen molar-refractivity contribution in [2.45, 2.75) is 40.0 Å². The lowest BCUT2D eigenvalue weighted by Crippen LogP contribution is -2.48. The third-order valence-corrected chi connectivity index (χ3v) is 6.09. The van der Waals surface area contributed by atoms with E-state index in [-0.39, 0.29) is 11.8 Å². The van der Waals surface area contributed by atoms with Crippen molar-refractivity contribution < 1.29 is 14.3 Å². The van der Waals surface area contributed by atoms with E-state index in [1.54, 1.807) is 20.4 Å². The van der Waals surface area contributed by atoms with Gasteiger partial charge in [0.25, 0.3) is 0 Å². The minimum absolute atomic E-state index is 0.000146. The summed E-state index contributed by atoms with van der Waals surface area (Å²) < 4.78 is 7.28. The van der Waals surface area contributed by atoms with Crippen LogP contribution < -0.4 is 5.32 Å². The normalized spacial score (nSPS) is 15.9. The Kier molecular flexibility index (Phi) is 6.37. The first-order valence-electron chi connectivity index (χ1n) is 10.0. The molecule has 0 spiro atoms. The Morgan fingerprint density at radius 1 is 1.17 bits per heavy atom. The van der Waals surface area contributed by atoms with Gasteiger partial charge in [0.05, 0.1) is 17.4 Å². The fraction of sp³-hybridized carbons (Fsp3) is 0.500. The number of hydrogen-bond donors (Lipinski definition) is 1. The number of piperidine rings is 1. The van der Waals surface area contributed by atoms with Gasteiger partial charge in [0.15, 0.2) is 0 Å². The number of carbonyl (C=O) groups excluding carboxylic acids is 2. The fourth-order valence-corrected chi connectivity index (χ4v) is 3.87. The zero-order chi connectivity index (χ0) is 21.0. The molecular formula is C22H30N4O3. The van der Waals surface area contributed by atoms with Gasteiger partial charge in [0, 0.05) is 50.8 Å². The smallest absolute Gasteiger partial charge is 0.230 e. The molecule has 0 aliphatic carbocycles. The molecule has 0 bridgehead atoms. The molecule has 1 fully saturated rings. The predicted octanol–water partition coefficient (Wildman–Crippen LogP) is 3.09. The minimum Gasteiger partial charge on any atom is -0.385 e. The van der Waals surface area contributed by atoms with E-state index >= 15 is 0 Å². The highest BCUT2D eigenvalue weighted by Gasteiger charge is 2.41. The molecule has 0 radical (unpaired) electrons. The van der Waals surface area contributed by atoms with Gasteiger partial charge in [-0.05, 0) is 57.4 Å². The summed E-state index contributed by atoms with van der Waals surface area (Å²) in [6.45, 7) is 7.32. The Balaban J connectivity index is 1.72. The van der Waals surface area contributed by atoms with Crippen molar-refractivity contribution in [2.75, 3.05) is 32.1 Å². The summed E-state index contributed by atoms with van der Waals surface area (Å²) in [6, 6.07) is 7.78. The molecule has 7 nitrogen and oxygen atoms in total. The van der Waals surface area contributed by atoms with Crippen LogP contribution >= 0.6 is 0 Å². The van der Waals surface area contributed by atoms with Crippen molar-refractivity contribution in [3.63, 3.8) is 0 Å². The number of nitrogens with zero attached hydrogens (tertiary/aromatic N) is 3. The summed E-state index contributed by atoms with van der Waals surface area (Å²) in [4.78, 5) is 31.0. The van der Waals surface area contributed by atoms with Crippen LogP contribution in [0, 0.1) is 19.3 Å². The second-order valence-electron chi connectivity index (χ2n) is 7.82. The van der Waals surface area contributed by atoms with Gasteiger partial charge >= 0.3 is 0 Å². The maximum Gasteiger partial charge on any atom is 0.230 e. The van der Waals surface area contributed by atoms with Crippen molar-refractivity contribution in [1.82, 2.24) is 14.5 Å². The molecule has 0 atom stereocenters. The largest absolute Gasteiger partial charge is 0.385 e. The molecule has 1 aliphatic rings. The summed E-state index contributed by atoms with van der Waals surface area (Å²) in [5, 5.41) is 3.08. The first-order valence-corrected chi connectivity index (χ1v) is 10.0. The van der Waals surface area contributed by atoms with Gasteiger partial charge in [0.2, 0.25) is 11.8 Å². The zero-order valence-electron chi connectivity index (χ0n) is 17.7. The number of aryl methyl sites for hydroxylation is 1. The molecular weight excluding hydrogens is 368 g/mol. The van der Waals surface area contributed by atoms with Crippen molar-refractivity contribution >= 4 is 17.5 Å². The molecule has 7 heteroatoms. The van der Waals surface area contributed by atoms with Crippen LogP contribution in [-0.2, 0) is 14.3 Å². The van der Waals surface area contributed by atoms with E-state index in [0.717, 1.165) is 22.8 Å². The van der Waals surface area contributed by atoms with Gasteiger partial charge < -0.3 is 19.5 Å². The number of ether oxygens (including phenoxy) is 1. The molecule has 0 unspecified atom stereocenters. The van der Waals surface area contributed by atoms with Gasteiger partial charge in [-0.15, -0.1) is 0 Å². The van der Waals surface area contributed by atoms with Crippen LogP contribution in [0.4, 0.5) is 5.69 Å². The summed E-state index contributed by atoms with van der Waals surface area (Å²) in [5.74, 6) is 0.0616. The molecule has 2 heterocycles. The third kappa shape index (κ3) is 4.50. The van der Waals surface area contributed by atoms with Gasteiger partial charge in [0.1, 0.15) is 0 Å². The van der Waals surface area contributed by atoms with Crippen LogP contribution in [0.15, 0.2) is 30.6 Å². The Hall–Kier alpha value is -2.67. The number of nitrogens with one attached hydrogen (secondary N) is 1. The van der Waals surface area contributed by atoms with Gasteiger partial charge in [-0.1, -0.05) is 0 Å². The summed E-state index contributed by atoms with van der Waals surface area (Å²) in [7, 11) is 1.65. The Morgan fingerprint density at radius 2 is 1.83 bits per heavy atom. The highest BCUT2D eigenvalue weighted by molar-refractivity contribution is 5.95. The lowest BCUT2D eigenvalue weighted by molar-refractivity contribution is -0.137. The topological polar surface area (TPSA) is 76.5 Å². The molecule has 29 heavy (non-hydrogen) atoms. The van der Waals surface area contributed by atoms with Crippen LogP contribution in [0.2, 0.25) is 0 Å². The zero-order valence-corrected chi connectivity index (χ0v) is 17.7. The molecule has 3 rings (SSSR count). The van der Waals surface area contributed by atoms with E-state index in [1.165, 1.54) is 0 Å². The SMILES string of the molecule is COCCC1(C(=O)Nc2ccc(-n3cnc(C)c3C)cc2)CCN(C(C)=O)CC1. The van der Waals surface area contributed by atoms with E-state index in [2.05, 4.69) is 10.3 Å². The average molecular weight is 399 g/mol. The second-order valence-corrected chi connectivity index (χ2v) is 7.82. The van der Waals surface area contributed by atoms with Gasteiger partial charge in [-0.2, -0.15) is 0 Å². The van der Waals surface area contributed by atoms with Gasteiger partial charge in [-0.25, -0.2) is 4.98 Å². The Bertz CT molecular complexity index is 865. The van der Waals surface area contributed by atoms with E-state index in [9.17, 15) is 9.59 Å². The van der Waals surface area contributed by atoms with Crippen molar-refractivity contribution in [1.29, 1.82) is 0 Å². The molecule has 1 aromatic heterocycles. The van der Waals surface area contributed by atoms with E-state index in [1.807, 2.05) is 47.6 Å². The van der Waals surface area contributed by atoms with E-state index < -0.39 is 5.41 Å². The summed E-state index contributed by atoms with van der Waals surface area (Å²) >= 11 is 0. The quantitative estimate of drug-likeness (QED) is 0.811. The molecule has 2 amide bonds. The second kappa shape index (κ2) is 8.78. The fourth-order valence-electron chi connectivity index (χ4n) is 3.87. The average Bonchev–Trinajstić information content (AvgIpc) is 3.06. The first kappa shape index (κ1) is 21.0. The molecule has 156 valence electrons. The standard InChI is InChI=1S/C22H30N4O3/c1-16-17(2)26(15-23-16)20-7-5-19(6-8-20)24-21(28)22(11-14-29-4)9-12-25(13-10-22)18(3)27/h5-8,15H,9-14H2,1-4H3,(H,24,28). The number of imidazole rings is 1. The van der Waals surface area contributed by atoms with Crippen LogP contribution in [0.5, 0.6) is 0 Å². The molecule has 0 saturated carbocycles. The summed E-state index contributed by atoms with van der Waals surface area (Å²) in [5.41, 5.74) is 3.35. The maximum absolute atomic E-state index is 13.2. The van der Waals surface area contributed by atoms with E-state index in [4.69, 9.17) is 4.74 Å². The highest BCUT2D eigenvalue weighted by Crippen LogP contribution is 2.36. The lowest BCUT2D eigenvalue weighted by atomic mass is 9.75. The third-order valence-electron chi connectivity index (χ3n) is 6.09. The highest BCUT2D eigenvalue weighted by atomic mass is 16.5.